The molecule has 1 aliphatic rings. The number of hydrogen-bond donors (Lipinski definition) is 2. The van der Waals surface area contributed by atoms with Crippen molar-refractivity contribution < 1.29 is 9.90 Å². The maximum Gasteiger partial charge on any atom is 0.240 e. The normalized spacial score (nSPS) is 20.4. The van der Waals surface area contributed by atoms with Crippen LogP contribution in [-0.2, 0) is 4.79 Å². The van der Waals surface area contributed by atoms with Gasteiger partial charge in [0, 0.05) is 12.6 Å². The van der Waals surface area contributed by atoms with E-state index in [2.05, 4.69) is 19.2 Å². The molecule has 1 saturated heterocycles. The quantitative estimate of drug-likeness (QED) is 0.705. The van der Waals surface area contributed by atoms with Crippen molar-refractivity contribution in [3.8, 4) is 0 Å². The van der Waals surface area contributed by atoms with E-state index in [9.17, 15) is 4.79 Å². The predicted molar refractivity (Wildman–Crippen MR) is 64.2 cm³/mol. The number of nitrogens with one attached hydrogen (secondary N) is 1. The summed E-state index contributed by atoms with van der Waals surface area (Å²) in [5.74, 6) is 0.167. The van der Waals surface area contributed by atoms with Gasteiger partial charge < -0.3 is 15.3 Å². The largest absolute Gasteiger partial charge is 0.395 e. The second-order valence-corrected chi connectivity index (χ2v) is 4.37. The lowest BCUT2D eigenvalue weighted by Gasteiger charge is -2.32. The fourth-order valence-electron chi connectivity index (χ4n) is 2.41. The summed E-state index contributed by atoms with van der Waals surface area (Å²) >= 11 is 0. The van der Waals surface area contributed by atoms with Crippen LogP contribution in [0.4, 0.5) is 0 Å². The molecule has 2 N–H and O–H groups in total. The van der Waals surface area contributed by atoms with Gasteiger partial charge in [0.1, 0.15) is 0 Å². The number of amides is 1. The van der Waals surface area contributed by atoms with Gasteiger partial charge in [-0.2, -0.15) is 0 Å². The number of carbonyl (C=O) groups excluding carboxylic acids is 1. The zero-order valence-corrected chi connectivity index (χ0v) is 10.4. The van der Waals surface area contributed by atoms with Crippen LogP contribution in [0.5, 0.6) is 0 Å². The van der Waals surface area contributed by atoms with E-state index in [1.165, 1.54) is 0 Å². The van der Waals surface area contributed by atoms with Gasteiger partial charge in [0.05, 0.1) is 12.6 Å². The molecular weight excluding hydrogens is 204 g/mol. The van der Waals surface area contributed by atoms with Gasteiger partial charge >= 0.3 is 0 Å². The van der Waals surface area contributed by atoms with Crippen molar-refractivity contribution in [2.24, 2.45) is 0 Å². The van der Waals surface area contributed by atoms with Crippen LogP contribution >= 0.6 is 0 Å². The van der Waals surface area contributed by atoms with Crippen molar-refractivity contribution >= 4 is 5.91 Å². The Hall–Kier alpha value is -0.610. The van der Waals surface area contributed by atoms with E-state index in [1.807, 2.05) is 4.90 Å². The Bertz CT molecular complexity index is 211. The van der Waals surface area contributed by atoms with E-state index in [0.29, 0.717) is 6.54 Å². The molecule has 0 bridgehead atoms. The van der Waals surface area contributed by atoms with E-state index in [1.54, 1.807) is 0 Å². The molecule has 94 valence electrons. The second kappa shape index (κ2) is 6.86. The predicted octanol–water partition coefficient (Wildman–Crippen LogP) is 0.748. The number of aliphatic hydroxyl groups excluding tert-OH is 1. The Morgan fingerprint density at radius 3 is 2.62 bits per heavy atom. The fraction of sp³-hybridized carbons (Fsp3) is 0.917. The van der Waals surface area contributed by atoms with Crippen molar-refractivity contribution in [3.63, 3.8) is 0 Å². The zero-order chi connectivity index (χ0) is 12.0. The highest BCUT2D eigenvalue weighted by Gasteiger charge is 2.29. The summed E-state index contributed by atoms with van der Waals surface area (Å²) in [6.45, 7) is 5.63. The van der Waals surface area contributed by atoms with Crippen LogP contribution in [0.2, 0.25) is 0 Å². The minimum atomic E-state index is -0.0212. The van der Waals surface area contributed by atoms with Crippen molar-refractivity contribution in [1.29, 1.82) is 0 Å². The molecule has 1 amide bonds. The van der Waals surface area contributed by atoms with Crippen LogP contribution in [-0.4, -0.2) is 47.7 Å². The number of nitrogens with zero attached hydrogens (tertiary/aromatic N) is 1. The van der Waals surface area contributed by atoms with Gasteiger partial charge in [-0.25, -0.2) is 0 Å². The third-order valence-electron chi connectivity index (χ3n) is 3.37. The lowest BCUT2D eigenvalue weighted by Crippen LogP contribution is -2.49. The summed E-state index contributed by atoms with van der Waals surface area (Å²) in [6, 6.07) is 0.245. The maximum atomic E-state index is 12.2. The fourth-order valence-corrected chi connectivity index (χ4v) is 2.41. The highest BCUT2D eigenvalue weighted by atomic mass is 16.3. The Labute approximate surface area is 98.0 Å². The van der Waals surface area contributed by atoms with E-state index >= 15 is 0 Å². The van der Waals surface area contributed by atoms with Crippen LogP contribution in [0.15, 0.2) is 0 Å². The van der Waals surface area contributed by atoms with Crippen molar-refractivity contribution in [3.05, 3.63) is 0 Å². The van der Waals surface area contributed by atoms with Crippen molar-refractivity contribution in [2.45, 2.75) is 51.6 Å². The summed E-state index contributed by atoms with van der Waals surface area (Å²) in [5, 5.41) is 12.3. The lowest BCUT2D eigenvalue weighted by atomic mass is 10.1. The third kappa shape index (κ3) is 3.19. The maximum absolute atomic E-state index is 12.2. The molecular formula is C12H24N2O2. The Balaban J connectivity index is 2.63. The Morgan fingerprint density at radius 2 is 2.19 bits per heavy atom. The van der Waals surface area contributed by atoms with Crippen LogP contribution in [0.3, 0.4) is 0 Å². The highest BCUT2D eigenvalue weighted by Crippen LogP contribution is 2.14. The minimum Gasteiger partial charge on any atom is -0.395 e. The molecule has 0 spiro atoms. The summed E-state index contributed by atoms with van der Waals surface area (Å²) in [4.78, 5) is 14.1. The molecule has 1 heterocycles. The summed E-state index contributed by atoms with van der Waals surface area (Å²) in [6.07, 6.45) is 3.91. The average Bonchev–Trinajstić information content (AvgIpc) is 2.82. The number of rotatable bonds is 6. The standard InChI is InChI=1S/C12H24N2O2/c1-3-10(4-2)14(8-9-15)12(16)11-6-5-7-13-11/h10-11,13,15H,3-9H2,1-2H3/t11-/m1/s1. The van der Waals surface area contributed by atoms with Crippen LogP contribution in [0, 0.1) is 0 Å². The molecule has 16 heavy (non-hydrogen) atoms. The van der Waals surface area contributed by atoms with Crippen LogP contribution in [0.25, 0.3) is 0 Å². The van der Waals surface area contributed by atoms with Gasteiger partial charge in [-0.1, -0.05) is 13.8 Å². The molecule has 4 heteroatoms. The van der Waals surface area contributed by atoms with E-state index < -0.39 is 0 Å². The van der Waals surface area contributed by atoms with E-state index in [0.717, 1.165) is 32.2 Å². The van der Waals surface area contributed by atoms with Gasteiger partial charge in [-0.15, -0.1) is 0 Å². The topological polar surface area (TPSA) is 52.6 Å². The molecule has 1 fully saturated rings. The van der Waals surface area contributed by atoms with Crippen LogP contribution in [0.1, 0.15) is 39.5 Å². The SMILES string of the molecule is CCC(CC)N(CCO)C(=O)[C@H]1CCCN1. The Kier molecular flexibility index (Phi) is 5.77. The molecule has 1 aliphatic heterocycles. The average molecular weight is 228 g/mol. The molecule has 0 aliphatic carbocycles. The number of carbonyl (C=O) groups is 1. The first-order valence-corrected chi connectivity index (χ1v) is 6.39. The molecule has 0 unspecified atom stereocenters. The summed E-state index contributed by atoms with van der Waals surface area (Å²) in [7, 11) is 0. The van der Waals surface area contributed by atoms with E-state index in [4.69, 9.17) is 5.11 Å². The summed E-state index contributed by atoms with van der Waals surface area (Å²) < 4.78 is 0. The van der Waals surface area contributed by atoms with Crippen molar-refractivity contribution in [2.75, 3.05) is 19.7 Å². The molecule has 4 nitrogen and oxygen atoms in total. The highest BCUT2D eigenvalue weighted by molar-refractivity contribution is 5.82. The van der Waals surface area contributed by atoms with E-state index in [-0.39, 0.29) is 24.6 Å². The summed E-state index contributed by atoms with van der Waals surface area (Å²) in [5.41, 5.74) is 0. The monoisotopic (exact) mass is 228 g/mol. The molecule has 0 radical (unpaired) electrons. The van der Waals surface area contributed by atoms with Gasteiger partial charge in [0.25, 0.3) is 0 Å². The van der Waals surface area contributed by atoms with Gasteiger partial charge in [-0.3, -0.25) is 4.79 Å². The second-order valence-electron chi connectivity index (χ2n) is 4.37. The third-order valence-corrected chi connectivity index (χ3v) is 3.37. The molecule has 0 aromatic heterocycles. The molecule has 1 atom stereocenters. The first-order chi connectivity index (χ1) is 7.74. The first kappa shape index (κ1) is 13.5. The van der Waals surface area contributed by atoms with Gasteiger partial charge in [0.2, 0.25) is 5.91 Å². The van der Waals surface area contributed by atoms with Gasteiger partial charge in [0.15, 0.2) is 0 Å². The van der Waals surface area contributed by atoms with Crippen LogP contribution < -0.4 is 5.32 Å². The van der Waals surface area contributed by atoms with Crippen molar-refractivity contribution in [1.82, 2.24) is 10.2 Å². The Morgan fingerprint density at radius 1 is 1.50 bits per heavy atom. The number of aliphatic hydroxyl groups is 1. The van der Waals surface area contributed by atoms with Gasteiger partial charge in [-0.05, 0) is 32.2 Å². The zero-order valence-electron chi connectivity index (χ0n) is 10.4. The molecule has 0 aromatic rings. The molecule has 0 aromatic carbocycles. The molecule has 0 saturated carbocycles. The minimum absolute atomic E-state index is 0.0212. The number of hydrogen-bond acceptors (Lipinski definition) is 3. The first-order valence-electron chi connectivity index (χ1n) is 6.39. The smallest absolute Gasteiger partial charge is 0.240 e. The molecule has 1 rings (SSSR count). The lowest BCUT2D eigenvalue weighted by molar-refractivity contribution is -0.136.